The van der Waals surface area contributed by atoms with Crippen molar-refractivity contribution in [3.05, 3.63) is 53.1 Å². The van der Waals surface area contributed by atoms with Crippen LogP contribution in [0.3, 0.4) is 0 Å². The van der Waals surface area contributed by atoms with Crippen molar-refractivity contribution in [1.82, 2.24) is 0 Å². The predicted octanol–water partition coefficient (Wildman–Crippen LogP) is 3.71. The van der Waals surface area contributed by atoms with Gasteiger partial charge in [-0.25, -0.2) is 4.79 Å². The third-order valence-corrected chi connectivity index (χ3v) is 2.93. The van der Waals surface area contributed by atoms with E-state index < -0.39 is 5.97 Å². The molecule has 0 fully saturated rings. The molecule has 3 nitrogen and oxygen atoms in total. The van der Waals surface area contributed by atoms with E-state index in [9.17, 15) is 4.79 Å². The van der Waals surface area contributed by atoms with Crippen LogP contribution in [0.5, 0.6) is 5.75 Å². The van der Waals surface area contributed by atoms with Crippen molar-refractivity contribution in [1.29, 1.82) is 0 Å². The highest BCUT2D eigenvalue weighted by Gasteiger charge is 2.12. The molecule has 1 N–H and O–H groups in total. The first-order chi connectivity index (χ1) is 8.63. The van der Waals surface area contributed by atoms with E-state index in [2.05, 4.69) is 0 Å². The number of carboxylic acid groups (broad SMARTS) is 1. The standard InChI is InChI=1S/C14H11ClO3/c1-18-13-8-9(6-7-12(13)15)10-4-2-3-5-11(10)14(16)17/h2-8H,1H3,(H,16,17). The van der Waals surface area contributed by atoms with E-state index in [1.54, 1.807) is 42.5 Å². The molecule has 0 atom stereocenters. The Bertz CT molecular complexity index is 593. The number of halogens is 1. The molecule has 0 aliphatic rings. The zero-order valence-corrected chi connectivity index (χ0v) is 10.4. The Morgan fingerprint density at radius 3 is 2.61 bits per heavy atom. The van der Waals surface area contributed by atoms with Crippen LogP contribution in [0.4, 0.5) is 0 Å². The molecule has 0 aliphatic carbocycles. The van der Waals surface area contributed by atoms with Crippen LogP contribution in [0.15, 0.2) is 42.5 Å². The van der Waals surface area contributed by atoms with Crippen LogP contribution in [0.2, 0.25) is 5.02 Å². The van der Waals surface area contributed by atoms with Gasteiger partial charge >= 0.3 is 5.97 Å². The minimum atomic E-state index is -0.959. The summed E-state index contributed by atoms with van der Waals surface area (Å²) in [4.78, 5) is 11.2. The molecule has 0 heterocycles. The van der Waals surface area contributed by atoms with Crippen molar-refractivity contribution in [2.45, 2.75) is 0 Å². The van der Waals surface area contributed by atoms with E-state index in [1.807, 2.05) is 0 Å². The minimum Gasteiger partial charge on any atom is -0.495 e. The molecule has 0 aromatic heterocycles. The van der Waals surface area contributed by atoms with Crippen molar-refractivity contribution in [3.63, 3.8) is 0 Å². The van der Waals surface area contributed by atoms with Crippen molar-refractivity contribution >= 4 is 17.6 Å². The van der Waals surface area contributed by atoms with Gasteiger partial charge in [0.2, 0.25) is 0 Å². The van der Waals surface area contributed by atoms with Crippen LogP contribution in [0.1, 0.15) is 10.4 Å². The quantitative estimate of drug-likeness (QED) is 0.917. The molecule has 0 unspecified atom stereocenters. The summed E-state index contributed by atoms with van der Waals surface area (Å²) < 4.78 is 5.13. The summed E-state index contributed by atoms with van der Waals surface area (Å²) in [6.45, 7) is 0. The Morgan fingerprint density at radius 1 is 1.22 bits per heavy atom. The van der Waals surface area contributed by atoms with E-state index in [0.717, 1.165) is 5.56 Å². The molecule has 0 saturated carbocycles. The van der Waals surface area contributed by atoms with Gasteiger partial charge in [-0.1, -0.05) is 35.9 Å². The number of hydrogen-bond acceptors (Lipinski definition) is 2. The first-order valence-electron chi connectivity index (χ1n) is 5.29. The number of ether oxygens (including phenoxy) is 1. The van der Waals surface area contributed by atoms with E-state index in [-0.39, 0.29) is 5.56 Å². The van der Waals surface area contributed by atoms with Gasteiger partial charge < -0.3 is 9.84 Å². The molecule has 18 heavy (non-hydrogen) atoms. The fourth-order valence-electron chi connectivity index (χ4n) is 1.75. The normalized spacial score (nSPS) is 10.1. The lowest BCUT2D eigenvalue weighted by Crippen LogP contribution is -1.99. The first kappa shape index (κ1) is 12.5. The summed E-state index contributed by atoms with van der Waals surface area (Å²) in [5.74, 6) is -0.436. The summed E-state index contributed by atoms with van der Waals surface area (Å²) in [5.41, 5.74) is 1.65. The Morgan fingerprint density at radius 2 is 1.94 bits per heavy atom. The van der Waals surface area contributed by atoms with Crippen LogP contribution in [-0.4, -0.2) is 18.2 Å². The first-order valence-corrected chi connectivity index (χ1v) is 5.67. The molecular weight excluding hydrogens is 252 g/mol. The molecule has 2 aromatic rings. The number of aromatic carboxylic acids is 1. The fraction of sp³-hybridized carbons (Fsp3) is 0.0714. The molecule has 0 amide bonds. The highest BCUT2D eigenvalue weighted by atomic mass is 35.5. The second-order valence-electron chi connectivity index (χ2n) is 3.70. The zero-order chi connectivity index (χ0) is 13.1. The lowest BCUT2D eigenvalue weighted by atomic mass is 9.99. The number of hydrogen-bond donors (Lipinski definition) is 1. The SMILES string of the molecule is COc1cc(-c2ccccc2C(=O)O)ccc1Cl. The third kappa shape index (κ3) is 2.31. The summed E-state index contributed by atoms with van der Waals surface area (Å²) >= 11 is 5.94. The number of rotatable bonds is 3. The number of benzene rings is 2. The lowest BCUT2D eigenvalue weighted by molar-refractivity contribution is 0.0697. The third-order valence-electron chi connectivity index (χ3n) is 2.62. The van der Waals surface area contributed by atoms with E-state index >= 15 is 0 Å². The van der Waals surface area contributed by atoms with E-state index in [4.69, 9.17) is 21.4 Å². The summed E-state index contributed by atoms with van der Waals surface area (Å²) in [5, 5.41) is 9.65. The highest BCUT2D eigenvalue weighted by molar-refractivity contribution is 6.32. The number of carboxylic acids is 1. The van der Waals surface area contributed by atoms with Gasteiger partial charge in [0.05, 0.1) is 17.7 Å². The molecule has 0 bridgehead atoms. The fourth-order valence-corrected chi connectivity index (χ4v) is 1.94. The highest BCUT2D eigenvalue weighted by Crippen LogP contribution is 2.31. The van der Waals surface area contributed by atoms with Crippen molar-refractivity contribution in [2.75, 3.05) is 7.11 Å². The van der Waals surface area contributed by atoms with Crippen LogP contribution < -0.4 is 4.74 Å². The largest absolute Gasteiger partial charge is 0.495 e. The zero-order valence-electron chi connectivity index (χ0n) is 9.68. The van der Waals surface area contributed by atoms with Crippen LogP contribution in [0, 0.1) is 0 Å². The average Bonchev–Trinajstić information content (AvgIpc) is 2.39. The van der Waals surface area contributed by atoms with Gasteiger partial charge in [-0.05, 0) is 29.3 Å². The lowest BCUT2D eigenvalue weighted by Gasteiger charge is -2.09. The molecule has 2 rings (SSSR count). The predicted molar refractivity (Wildman–Crippen MR) is 70.4 cm³/mol. The van der Waals surface area contributed by atoms with E-state index in [1.165, 1.54) is 7.11 Å². The van der Waals surface area contributed by atoms with Gasteiger partial charge in [-0.15, -0.1) is 0 Å². The van der Waals surface area contributed by atoms with Gasteiger partial charge in [0.1, 0.15) is 5.75 Å². The molecule has 4 heteroatoms. The molecule has 2 aromatic carbocycles. The molecular formula is C14H11ClO3. The number of methoxy groups -OCH3 is 1. The second-order valence-corrected chi connectivity index (χ2v) is 4.11. The van der Waals surface area contributed by atoms with Gasteiger partial charge in [-0.3, -0.25) is 0 Å². The Labute approximate surface area is 110 Å². The van der Waals surface area contributed by atoms with Crippen molar-refractivity contribution in [2.24, 2.45) is 0 Å². The van der Waals surface area contributed by atoms with Gasteiger partial charge in [0, 0.05) is 0 Å². The van der Waals surface area contributed by atoms with Gasteiger partial charge in [0.25, 0.3) is 0 Å². The molecule has 0 aliphatic heterocycles. The van der Waals surface area contributed by atoms with E-state index in [0.29, 0.717) is 16.3 Å². The Kier molecular flexibility index (Phi) is 3.53. The van der Waals surface area contributed by atoms with Gasteiger partial charge in [0.15, 0.2) is 0 Å². The average molecular weight is 263 g/mol. The smallest absolute Gasteiger partial charge is 0.336 e. The monoisotopic (exact) mass is 262 g/mol. The summed E-state index contributed by atoms with van der Waals surface area (Å²) in [6, 6.07) is 12.0. The van der Waals surface area contributed by atoms with Crippen molar-refractivity contribution in [3.8, 4) is 16.9 Å². The summed E-state index contributed by atoms with van der Waals surface area (Å²) in [7, 11) is 1.52. The second kappa shape index (κ2) is 5.10. The van der Waals surface area contributed by atoms with Gasteiger partial charge in [-0.2, -0.15) is 0 Å². The molecule has 0 spiro atoms. The molecule has 0 saturated heterocycles. The van der Waals surface area contributed by atoms with Crippen LogP contribution in [0.25, 0.3) is 11.1 Å². The van der Waals surface area contributed by atoms with Crippen LogP contribution in [-0.2, 0) is 0 Å². The van der Waals surface area contributed by atoms with Crippen LogP contribution >= 0.6 is 11.6 Å². The maximum absolute atomic E-state index is 11.2. The Hall–Kier alpha value is -2.00. The topological polar surface area (TPSA) is 46.5 Å². The maximum atomic E-state index is 11.2. The summed E-state index contributed by atoms with van der Waals surface area (Å²) in [6.07, 6.45) is 0. The molecule has 0 radical (unpaired) electrons. The van der Waals surface area contributed by atoms with Crippen molar-refractivity contribution < 1.29 is 14.6 Å². The molecule has 92 valence electrons. The minimum absolute atomic E-state index is 0.252. The maximum Gasteiger partial charge on any atom is 0.336 e. The Balaban J connectivity index is 2.58. The number of carbonyl (C=O) groups is 1.